The van der Waals surface area contributed by atoms with Crippen molar-refractivity contribution in [2.45, 2.75) is 13.0 Å². The van der Waals surface area contributed by atoms with Crippen LogP contribution < -0.4 is 5.32 Å². The van der Waals surface area contributed by atoms with Crippen molar-refractivity contribution in [3.05, 3.63) is 53.5 Å². The summed E-state index contributed by atoms with van der Waals surface area (Å²) >= 11 is 0. The van der Waals surface area contributed by atoms with Crippen LogP contribution >= 0.6 is 0 Å². The minimum absolute atomic E-state index is 0.237. The maximum absolute atomic E-state index is 12.9. The van der Waals surface area contributed by atoms with Gasteiger partial charge in [-0.15, -0.1) is 0 Å². The van der Waals surface area contributed by atoms with Gasteiger partial charge in [0.15, 0.2) is 5.89 Å². The highest BCUT2D eigenvalue weighted by Crippen LogP contribution is 2.10. The van der Waals surface area contributed by atoms with Gasteiger partial charge in [-0.2, -0.15) is 0 Å². The van der Waals surface area contributed by atoms with Gasteiger partial charge in [0.1, 0.15) is 12.1 Å². The molecule has 1 aromatic heterocycles. The van der Waals surface area contributed by atoms with E-state index in [1.165, 1.54) is 12.1 Å². The number of nitrogens with zero attached hydrogens (tertiary/aromatic N) is 1. The molecule has 0 aliphatic rings. The molecule has 0 aliphatic heterocycles. The van der Waals surface area contributed by atoms with Crippen LogP contribution in [0, 0.1) is 5.82 Å². The van der Waals surface area contributed by atoms with Crippen molar-refractivity contribution in [3.8, 4) is 0 Å². The van der Waals surface area contributed by atoms with E-state index in [-0.39, 0.29) is 5.82 Å². The van der Waals surface area contributed by atoms with E-state index < -0.39 is 0 Å². The first-order valence-electron chi connectivity index (χ1n) is 5.10. The predicted octanol–water partition coefficient (Wildman–Crippen LogP) is 2.12. The fourth-order valence-electron chi connectivity index (χ4n) is 1.51. The van der Waals surface area contributed by atoms with Gasteiger partial charge in [0.05, 0.1) is 5.69 Å². The minimum atomic E-state index is -0.237. The Hall–Kier alpha value is -1.68. The van der Waals surface area contributed by atoms with Gasteiger partial charge in [-0.3, -0.25) is 0 Å². The largest absolute Gasteiger partial charge is 0.448 e. The van der Waals surface area contributed by atoms with Gasteiger partial charge in [-0.25, -0.2) is 9.37 Å². The van der Waals surface area contributed by atoms with Gasteiger partial charge in [0, 0.05) is 13.0 Å². The first kappa shape index (κ1) is 10.8. The molecule has 0 atom stereocenters. The molecule has 16 heavy (non-hydrogen) atoms. The Morgan fingerprint density at radius 2 is 2.31 bits per heavy atom. The van der Waals surface area contributed by atoms with Gasteiger partial charge in [0.25, 0.3) is 0 Å². The molecule has 1 aromatic carbocycles. The molecule has 0 unspecified atom stereocenters. The Morgan fingerprint density at radius 3 is 3.06 bits per heavy atom. The molecule has 1 N–H and O–H groups in total. The van der Waals surface area contributed by atoms with Crippen LogP contribution in [-0.4, -0.2) is 12.0 Å². The number of halogens is 1. The third-order valence-corrected chi connectivity index (χ3v) is 2.20. The molecule has 0 bridgehead atoms. The van der Waals surface area contributed by atoms with Crippen molar-refractivity contribution in [1.82, 2.24) is 10.3 Å². The predicted molar refractivity (Wildman–Crippen MR) is 58.5 cm³/mol. The fraction of sp³-hybridized carbons (Fsp3) is 0.250. The topological polar surface area (TPSA) is 38.1 Å². The van der Waals surface area contributed by atoms with E-state index in [1.807, 2.05) is 13.1 Å². The maximum Gasteiger partial charge on any atom is 0.198 e. The lowest BCUT2D eigenvalue weighted by Gasteiger charge is -1.96. The highest BCUT2D eigenvalue weighted by Gasteiger charge is 2.04. The number of benzene rings is 1. The molecule has 2 aromatic rings. The van der Waals surface area contributed by atoms with Gasteiger partial charge < -0.3 is 9.73 Å². The van der Waals surface area contributed by atoms with Crippen molar-refractivity contribution in [1.29, 1.82) is 0 Å². The van der Waals surface area contributed by atoms with Crippen LogP contribution in [0.15, 0.2) is 34.9 Å². The first-order chi connectivity index (χ1) is 7.78. The summed E-state index contributed by atoms with van der Waals surface area (Å²) in [6.07, 6.45) is 2.13. The lowest BCUT2D eigenvalue weighted by atomic mass is 10.1. The van der Waals surface area contributed by atoms with Crippen molar-refractivity contribution >= 4 is 0 Å². The van der Waals surface area contributed by atoms with Crippen molar-refractivity contribution in [3.63, 3.8) is 0 Å². The molecule has 4 heteroatoms. The van der Waals surface area contributed by atoms with Gasteiger partial charge in [0.2, 0.25) is 0 Å². The quantitative estimate of drug-likeness (QED) is 0.857. The Bertz CT molecular complexity index is 468. The van der Waals surface area contributed by atoms with Crippen LogP contribution in [0.1, 0.15) is 17.1 Å². The summed E-state index contributed by atoms with van der Waals surface area (Å²) in [4.78, 5) is 4.27. The van der Waals surface area contributed by atoms with Crippen LogP contribution in [0.3, 0.4) is 0 Å². The number of hydrogen-bond acceptors (Lipinski definition) is 3. The molecule has 0 amide bonds. The zero-order valence-corrected chi connectivity index (χ0v) is 9.03. The van der Waals surface area contributed by atoms with Crippen LogP contribution in [-0.2, 0) is 13.0 Å². The third-order valence-electron chi connectivity index (χ3n) is 2.20. The molecule has 0 spiro atoms. The van der Waals surface area contributed by atoms with E-state index in [2.05, 4.69) is 10.3 Å². The number of nitrogens with one attached hydrogen (secondary N) is 1. The Kier molecular flexibility index (Phi) is 3.31. The van der Waals surface area contributed by atoms with Crippen molar-refractivity contribution in [2.24, 2.45) is 0 Å². The molecule has 0 saturated heterocycles. The molecule has 3 nitrogen and oxygen atoms in total. The third kappa shape index (κ3) is 2.67. The van der Waals surface area contributed by atoms with E-state index >= 15 is 0 Å². The van der Waals surface area contributed by atoms with Crippen LogP contribution in [0.4, 0.5) is 4.39 Å². The van der Waals surface area contributed by atoms with Crippen molar-refractivity contribution < 1.29 is 8.81 Å². The zero-order chi connectivity index (χ0) is 11.4. The number of oxazole rings is 1. The summed E-state index contributed by atoms with van der Waals surface area (Å²) in [7, 11) is 1.85. The average Bonchev–Trinajstić information content (AvgIpc) is 2.66. The second kappa shape index (κ2) is 4.90. The fourth-order valence-corrected chi connectivity index (χ4v) is 1.51. The monoisotopic (exact) mass is 220 g/mol. The molecular formula is C12H13FN2O. The summed E-state index contributed by atoms with van der Waals surface area (Å²) in [5.74, 6) is 0.371. The highest BCUT2D eigenvalue weighted by molar-refractivity contribution is 5.19. The molecule has 0 saturated carbocycles. The van der Waals surface area contributed by atoms with Crippen molar-refractivity contribution in [2.75, 3.05) is 7.05 Å². The van der Waals surface area contributed by atoms with E-state index in [0.29, 0.717) is 18.9 Å². The highest BCUT2D eigenvalue weighted by atomic mass is 19.1. The molecule has 0 fully saturated rings. The lowest BCUT2D eigenvalue weighted by molar-refractivity contribution is 0.505. The SMILES string of the molecule is CNCc1coc(Cc2cccc(F)c2)n1. The van der Waals surface area contributed by atoms with E-state index in [1.54, 1.807) is 12.3 Å². The molecular weight excluding hydrogens is 207 g/mol. The summed E-state index contributed by atoms with van der Waals surface area (Å²) < 4.78 is 18.2. The Balaban J connectivity index is 2.08. The van der Waals surface area contributed by atoms with Gasteiger partial charge in [-0.05, 0) is 24.7 Å². The Morgan fingerprint density at radius 1 is 1.44 bits per heavy atom. The van der Waals surface area contributed by atoms with Gasteiger partial charge in [-0.1, -0.05) is 12.1 Å². The van der Waals surface area contributed by atoms with Gasteiger partial charge >= 0.3 is 0 Å². The standard InChI is InChI=1S/C12H13FN2O/c1-14-7-11-8-16-12(15-11)6-9-3-2-4-10(13)5-9/h2-5,8,14H,6-7H2,1H3. The Labute approximate surface area is 93.3 Å². The van der Waals surface area contributed by atoms with E-state index in [4.69, 9.17) is 4.42 Å². The van der Waals surface area contributed by atoms with E-state index in [0.717, 1.165) is 11.3 Å². The first-order valence-corrected chi connectivity index (χ1v) is 5.10. The van der Waals surface area contributed by atoms with Crippen LogP contribution in [0.5, 0.6) is 0 Å². The molecule has 0 radical (unpaired) electrons. The molecule has 0 aliphatic carbocycles. The summed E-state index contributed by atoms with van der Waals surface area (Å²) in [6.45, 7) is 0.673. The summed E-state index contributed by atoms with van der Waals surface area (Å²) in [5.41, 5.74) is 1.71. The average molecular weight is 220 g/mol. The summed E-state index contributed by atoms with van der Waals surface area (Å²) in [6, 6.07) is 6.45. The maximum atomic E-state index is 12.9. The number of hydrogen-bond donors (Lipinski definition) is 1. The van der Waals surface area contributed by atoms with Crippen LogP contribution in [0.25, 0.3) is 0 Å². The number of aromatic nitrogens is 1. The minimum Gasteiger partial charge on any atom is -0.448 e. The molecule has 84 valence electrons. The second-order valence-corrected chi connectivity index (χ2v) is 3.57. The molecule has 2 rings (SSSR count). The second-order valence-electron chi connectivity index (χ2n) is 3.57. The van der Waals surface area contributed by atoms with E-state index in [9.17, 15) is 4.39 Å². The normalized spacial score (nSPS) is 10.6. The summed E-state index contributed by atoms with van der Waals surface area (Å²) in [5, 5.41) is 2.99. The number of rotatable bonds is 4. The lowest BCUT2D eigenvalue weighted by Crippen LogP contribution is -2.05. The zero-order valence-electron chi connectivity index (χ0n) is 9.03. The van der Waals surface area contributed by atoms with Crippen LogP contribution in [0.2, 0.25) is 0 Å². The molecule has 1 heterocycles. The smallest absolute Gasteiger partial charge is 0.198 e.